The van der Waals surface area contributed by atoms with E-state index in [9.17, 15) is 13.2 Å². The molecule has 0 saturated carbocycles. The predicted octanol–water partition coefficient (Wildman–Crippen LogP) is 3.58. The summed E-state index contributed by atoms with van der Waals surface area (Å²) in [6.45, 7) is 5.88. The van der Waals surface area contributed by atoms with Crippen molar-refractivity contribution in [3.8, 4) is 5.75 Å². The quantitative estimate of drug-likeness (QED) is 0.603. The van der Waals surface area contributed by atoms with Crippen molar-refractivity contribution in [2.75, 3.05) is 6.61 Å². The molecular formula is C17H19F3N4O3. The van der Waals surface area contributed by atoms with Crippen LogP contribution in [0.3, 0.4) is 0 Å². The van der Waals surface area contributed by atoms with Crippen molar-refractivity contribution in [3.63, 3.8) is 0 Å². The van der Waals surface area contributed by atoms with Crippen molar-refractivity contribution in [2.45, 2.75) is 39.9 Å². The Morgan fingerprint density at radius 2 is 1.89 bits per heavy atom. The maximum atomic E-state index is 12.7. The number of alkyl halides is 3. The zero-order valence-electron chi connectivity index (χ0n) is 15.1. The van der Waals surface area contributed by atoms with Crippen LogP contribution >= 0.6 is 0 Å². The summed E-state index contributed by atoms with van der Waals surface area (Å²) < 4.78 is 48.8. The molecule has 0 saturated heterocycles. The Bertz CT molecular complexity index is 825. The van der Waals surface area contributed by atoms with Crippen molar-refractivity contribution in [3.05, 3.63) is 46.7 Å². The van der Waals surface area contributed by atoms with Crippen LogP contribution < -0.4 is 10.2 Å². The first-order valence-corrected chi connectivity index (χ1v) is 8.28. The number of halogens is 3. The summed E-state index contributed by atoms with van der Waals surface area (Å²) in [5, 5.41) is 3.54. The molecule has 10 heteroatoms. The van der Waals surface area contributed by atoms with Crippen molar-refractivity contribution >= 4 is 5.70 Å². The number of aryl methyl sites for hydroxylation is 4. The molecule has 1 aromatic carbocycles. The second kappa shape index (κ2) is 7.47. The first-order chi connectivity index (χ1) is 12.7. The smallest absolute Gasteiger partial charge is 0.493 e. The van der Waals surface area contributed by atoms with E-state index in [2.05, 4.69) is 20.6 Å². The molecule has 1 aliphatic heterocycles. The van der Waals surface area contributed by atoms with Crippen LogP contribution in [0.5, 0.6) is 5.75 Å². The number of hydrogen-bond donors (Lipinski definition) is 1. The Labute approximate surface area is 153 Å². The largest absolute Gasteiger partial charge is 0.509 e. The van der Waals surface area contributed by atoms with Gasteiger partial charge in [-0.25, -0.2) is 5.48 Å². The third-order valence-corrected chi connectivity index (χ3v) is 3.87. The average Bonchev–Trinajstić information content (AvgIpc) is 3.22. The maximum Gasteiger partial charge on any atom is 0.509 e. The van der Waals surface area contributed by atoms with Crippen LogP contribution in [0.2, 0.25) is 0 Å². The summed E-state index contributed by atoms with van der Waals surface area (Å²) in [7, 11) is 0. The number of aromatic nitrogens is 2. The van der Waals surface area contributed by atoms with Gasteiger partial charge < -0.3 is 9.26 Å². The highest BCUT2D eigenvalue weighted by atomic mass is 19.4. The van der Waals surface area contributed by atoms with Crippen LogP contribution in [-0.4, -0.2) is 28.1 Å². The Morgan fingerprint density at radius 1 is 1.19 bits per heavy atom. The molecule has 0 radical (unpaired) electrons. The molecule has 3 rings (SSSR count). The molecule has 2 aromatic rings. The number of nitrogens with one attached hydrogen (secondary N) is 1. The van der Waals surface area contributed by atoms with Gasteiger partial charge in [-0.1, -0.05) is 5.16 Å². The molecule has 27 heavy (non-hydrogen) atoms. The van der Waals surface area contributed by atoms with Gasteiger partial charge in [0, 0.05) is 12.0 Å². The van der Waals surface area contributed by atoms with Crippen molar-refractivity contribution in [1.29, 1.82) is 0 Å². The Kier molecular flexibility index (Phi) is 5.26. The second-order valence-corrected chi connectivity index (χ2v) is 6.16. The van der Waals surface area contributed by atoms with Gasteiger partial charge >= 0.3 is 6.30 Å². The van der Waals surface area contributed by atoms with E-state index < -0.39 is 6.30 Å². The molecule has 1 aromatic heterocycles. The number of hydrogen-bond acceptors (Lipinski definition) is 7. The minimum Gasteiger partial charge on any atom is -0.493 e. The first kappa shape index (κ1) is 19.0. The van der Waals surface area contributed by atoms with Gasteiger partial charge in [-0.15, -0.1) is 23.2 Å². The van der Waals surface area contributed by atoms with Gasteiger partial charge in [0.25, 0.3) is 0 Å². The van der Waals surface area contributed by atoms with Crippen LogP contribution in [0, 0.1) is 20.8 Å². The summed E-state index contributed by atoms with van der Waals surface area (Å²) in [5.41, 5.74) is 4.70. The summed E-state index contributed by atoms with van der Waals surface area (Å²) in [6.07, 6.45) is -2.44. The third kappa shape index (κ3) is 4.51. The van der Waals surface area contributed by atoms with Crippen LogP contribution in [0.1, 0.15) is 34.8 Å². The van der Waals surface area contributed by atoms with Gasteiger partial charge in [-0.3, -0.25) is 0 Å². The van der Waals surface area contributed by atoms with Gasteiger partial charge in [-0.2, -0.15) is 4.98 Å². The van der Waals surface area contributed by atoms with Gasteiger partial charge in [0.05, 0.1) is 18.5 Å². The fraction of sp³-hybridized carbons (Fsp3) is 0.412. The zero-order valence-corrected chi connectivity index (χ0v) is 15.1. The van der Waals surface area contributed by atoms with Gasteiger partial charge in [-0.05, 0) is 50.5 Å². The third-order valence-electron chi connectivity index (χ3n) is 3.87. The lowest BCUT2D eigenvalue weighted by molar-refractivity contribution is -0.353. The van der Waals surface area contributed by atoms with Crippen LogP contribution in [-0.2, 0) is 11.4 Å². The van der Waals surface area contributed by atoms with Crippen molar-refractivity contribution in [1.82, 2.24) is 20.7 Å². The number of nitrogens with zero attached hydrogens (tertiary/aromatic N) is 3. The van der Waals surface area contributed by atoms with Crippen molar-refractivity contribution in [2.24, 2.45) is 0 Å². The summed E-state index contributed by atoms with van der Waals surface area (Å²) in [5.74, 6) is 1.86. The predicted molar refractivity (Wildman–Crippen MR) is 88.9 cm³/mol. The normalized spacial score (nSPS) is 14.3. The van der Waals surface area contributed by atoms with Crippen LogP contribution in [0.15, 0.2) is 22.9 Å². The van der Waals surface area contributed by atoms with E-state index in [4.69, 9.17) is 9.26 Å². The summed E-state index contributed by atoms with van der Waals surface area (Å²) in [4.78, 5) is 8.56. The highest BCUT2D eigenvalue weighted by molar-refractivity contribution is 5.66. The molecule has 0 fully saturated rings. The summed E-state index contributed by atoms with van der Waals surface area (Å²) in [6, 6.07) is 3.48. The molecule has 0 amide bonds. The summed E-state index contributed by atoms with van der Waals surface area (Å²) >= 11 is 0. The topological polar surface area (TPSA) is 72.7 Å². The van der Waals surface area contributed by atoms with E-state index >= 15 is 0 Å². The minimum absolute atomic E-state index is 0.184. The highest BCUT2D eigenvalue weighted by Gasteiger charge is 2.40. The maximum absolute atomic E-state index is 12.7. The molecular weight excluding hydrogens is 365 g/mol. The van der Waals surface area contributed by atoms with E-state index in [0.29, 0.717) is 42.5 Å². The second-order valence-electron chi connectivity index (χ2n) is 6.16. The lowest BCUT2D eigenvalue weighted by Gasteiger charge is -2.15. The minimum atomic E-state index is -4.61. The molecule has 0 atom stereocenters. The number of benzene rings is 1. The van der Waals surface area contributed by atoms with E-state index in [-0.39, 0.29) is 10.8 Å². The fourth-order valence-electron chi connectivity index (χ4n) is 2.70. The SMILES string of the molecule is Cc1noc(CCCOc2c(C)cc(C3=CN(C(F)(F)F)ON3)cc2C)n1. The number of rotatable bonds is 6. The van der Waals surface area contributed by atoms with E-state index in [1.807, 2.05) is 13.8 Å². The molecule has 0 bridgehead atoms. The van der Waals surface area contributed by atoms with E-state index in [1.165, 1.54) is 0 Å². The van der Waals surface area contributed by atoms with Crippen molar-refractivity contribution < 1.29 is 27.4 Å². The molecule has 146 valence electrons. The number of ether oxygens (including phenoxy) is 1. The lowest BCUT2D eigenvalue weighted by atomic mass is 10.0. The molecule has 0 unspecified atom stereocenters. The molecule has 0 spiro atoms. The lowest BCUT2D eigenvalue weighted by Crippen LogP contribution is -2.32. The Balaban J connectivity index is 1.63. The first-order valence-electron chi connectivity index (χ1n) is 8.28. The molecule has 7 nitrogen and oxygen atoms in total. The van der Waals surface area contributed by atoms with E-state index in [0.717, 1.165) is 17.3 Å². The molecule has 1 N–H and O–H groups in total. The standard InChI is InChI=1S/C17H19F3N4O3/c1-10-7-13(14-9-24(27-23-14)17(18,19)20)8-11(2)16(10)25-6-4-5-15-21-12(3)22-26-15/h7-9,23H,4-6H2,1-3H3. The van der Waals surface area contributed by atoms with E-state index in [1.54, 1.807) is 19.1 Å². The Hall–Kier alpha value is -2.75. The highest BCUT2D eigenvalue weighted by Crippen LogP contribution is 2.31. The zero-order chi connectivity index (χ0) is 19.6. The fourth-order valence-corrected chi connectivity index (χ4v) is 2.70. The van der Waals surface area contributed by atoms with Crippen LogP contribution in [0.25, 0.3) is 5.70 Å². The number of hydroxylamine groups is 3. The molecule has 2 heterocycles. The van der Waals surface area contributed by atoms with Crippen LogP contribution in [0.4, 0.5) is 13.2 Å². The molecule has 0 aliphatic carbocycles. The monoisotopic (exact) mass is 384 g/mol. The Morgan fingerprint density at radius 3 is 2.44 bits per heavy atom. The van der Waals surface area contributed by atoms with Gasteiger partial charge in [0.15, 0.2) is 5.82 Å². The van der Waals surface area contributed by atoms with Gasteiger partial charge in [0.2, 0.25) is 5.89 Å². The molecule has 1 aliphatic rings. The van der Waals surface area contributed by atoms with Gasteiger partial charge in [0.1, 0.15) is 5.75 Å². The average molecular weight is 384 g/mol.